The molecule has 94 valence electrons. The van der Waals surface area contributed by atoms with Crippen LogP contribution in [0.3, 0.4) is 0 Å². The van der Waals surface area contributed by atoms with Gasteiger partial charge in [-0.1, -0.05) is 60.8 Å². The summed E-state index contributed by atoms with van der Waals surface area (Å²) in [6, 6.07) is 0. The molecule has 0 bridgehead atoms. The maximum absolute atomic E-state index is 4.73. The van der Waals surface area contributed by atoms with E-state index in [1.807, 2.05) is 27.7 Å². The molecule has 0 saturated heterocycles. The zero-order valence-electron chi connectivity index (χ0n) is 11.8. The van der Waals surface area contributed by atoms with Crippen molar-refractivity contribution in [3.63, 3.8) is 0 Å². The molecule has 0 heterocycles. The van der Waals surface area contributed by atoms with E-state index in [1.54, 1.807) is 0 Å². The van der Waals surface area contributed by atoms with Gasteiger partial charge in [-0.2, -0.15) is 12.6 Å². The van der Waals surface area contributed by atoms with Gasteiger partial charge in [0.15, 0.2) is 0 Å². The Kier molecular flexibility index (Phi) is 12.8. The predicted octanol–water partition coefficient (Wildman–Crippen LogP) is 5.72. The Bertz CT molecular complexity index is 113. The van der Waals surface area contributed by atoms with Gasteiger partial charge < -0.3 is 0 Å². The molecule has 15 heavy (non-hydrogen) atoms. The fourth-order valence-electron chi connectivity index (χ4n) is 2.01. The molecule has 1 saturated carbocycles. The van der Waals surface area contributed by atoms with Gasteiger partial charge in [0.05, 0.1) is 0 Å². The lowest BCUT2D eigenvalue weighted by atomic mass is 9.79. The van der Waals surface area contributed by atoms with Gasteiger partial charge >= 0.3 is 0 Å². The molecule has 0 N–H and O–H groups in total. The molecule has 0 aromatic rings. The molecule has 0 aromatic carbocycles. The smallest absolute Gasteiger partial charge is 0.0127 e. The molecule has 1 fully saturated rings. The molecule has 0 amide bonds. The molecular weight excluding hydrogens is 200 g/mol. The number of rotatable bonds is 2. The molecule has 1 unspecified atom stereocenters. The van der Waals surface area contributed by atoms with Crippen LogP contribution in [0.25, 0.3) is 0 Å². The van der Waals surface area contributed by atoms with Crippen LogP contribution in [-0.4, -0.2) is 4.75 Å². The first-order valence-electron chi connectivity index (χ1n) is 6.89. The minimum atomic E-state index is 0.306. The summed E-state index contributed by atoms with van der Waals surface area (Å²) in [5.41, 5.74) is 0. The molecule has 1 atom stereocenters. The third-order valence-corrected chi connectivity index (χ3v) is 3.88. The average Bonchev–Trinajstić information content (AvgIpc) is 2.35. The Hall–Kier alpha value is 0.350. The first-order chi connectivity index (χ1) is 7.17. The van der Waals surface area contributed by atoms with Crippen LogP contribution in [0.1, 0.15) is 80.1 Å². The van der Waals surface area contributed by atoms with Crippen LogP contribution in [0.5, 0.6) is 0 Å². The fraction of sp³-hybridized carbons (Fsp3) is 1.00. The largest absolute Gasteiger partial charge is 0.173 e. The summed E-state index contributed by atoms with van der Waals surface area (Å²) in [7, 11) is 0. The lowest BCUT2D eigenvalue weighted by Gasteiger charge is -2.35. The highest BCUT2D eigenvalue weighted by Crippen LogP contribution is 2.38. The molecule has 0 spiro atoms. The molecule has 1 aliphatic rings. The standard InChI is InChI=1S/C10H20S.2C2H6/c1-3-10(2,11)9-7-5-4-6-8-9;2*1-2/h9,11H,3-8H2,1-2H3;2*1-2H3. The minimum Gasteiger partial charge on any atom is -0.173 e. The Balaban J connectivity index is 0. The van der Waals surface area contributed by atoms with E-state index in [0.29, 0.717) is 4.75 Å². The lowest BCUT2D eigenvalue weighted by molar-refractivity contribution is 0.287. The Labute approximate surface area is 104 Å². The van der Waals surface area contributed by atoms with Crippen LogP contribution < -0.4 is 0 Å². The van der Waals surface area contributed by atoms with Crippen molar-refractivity contribution in [2.45, 2.75) is 84.8 Å². The van der Waals surface area contributed by atoms with Crippen molar-refractivity contribution in [1.82, 2.24) is 0 Å². The van der Waals surface area contributed by atoms with Crippen molar-refractivity contribution >= 4 is 12.6 Å². The molecule has 1 rings (SSSR count). The molecule has 0 aliphatic heterocycles. The summed E-state index contributed by atoms with van der Waals surface area (Å²) < 4.78 is 0.306. The number of thiol groups is 1. The van der Waals surface area contributed by atoms with Crippen LogP contribution in [0.4, 0.5) is 0 Å². The van der Waals surface area contributed by atoms with E-state index in [2.05, 4.69) is 13.8 Å². The van der Waals surface area contributed by atoms with Crippen molar-refractivity contribution in [2.24, 2.45) is 5.92 Å². The summed E-state index contributed by atoms with van der Waals surface area (Å²) in [5, 5.41) is 0. The van der Waals surface area contributed by atoms with Crippen LogP contribution in [0, 0.1) is 5.92 Å². The van der Waals surface area contributed by atoms with Crippen LogP contribution in [0.15, 0.2) is 0 Å². The van der Waals surface area contributed by atoms with Gasteiger partial charge in [0, 0.05) is 4.75 Å². The Morgan fingerprint density at radius 2 is 1.40 bits per heavy atom. The maximum Gasteiger partial charge on any atom is 0.0127 e. The van der Waals surface area contributed by atoms with Crippen molar-refractivity contribution < 1.29 is 0 Å². The van der Waals surface area contributed by atoms with Gasteiger partial charge in [0.2, 0.25) is 0 Å². The zero-order chi connectivity index (χ0) is 12.3. The summed E-state index contributed by atoms with van der Waals surface area (Å²) in [6.07, 6.45) is 8.34. The van der Waals surface area contributed by atoms with Gasteiger partial charge in [-0.15, -0.1) is 0 Å². The van der Waals surface area contributed by atoms with Gasteiger partial charge in [0.25, 0.3) is 0 Å². The molecule has 0 radical (unpaired) electrons. The van der Waals surface area contributed by atoms with Gasteiger partial charge in [-0.25, -0.2) is 0 Å². The average molecular weight is 232 g/mol. The second-order valence-corrected chi connectivity index (χ2v) is 5.07. The lowest BCUT2D eigenvalue weighted by Crippen LogP contribution is -2.29. The topological polar surface area (TPSA) is 0 Å². The quantitative estimate of drug-likeness (QED) is 0.579. The first-order valence-corrected chi connectivity index (χ1v) is 7.34. The summed E-state index contributed by atoms with van der Waals surface area (Å²) in [5.74, 6) is 0.879. The predicted molar refractivity (Wildman–Crippen MR) is 77.0 cm³/mol. The van der Waals surface area contributed by atoms with E-state index in [4.69, 9.17) is 12.6 Å². The third-order valence-electron chi connectivity index (χ3n) is 3.20. The molecule has 1 heteroatoms. The van der Waals surface area contributed by atoms with Crippen molar-refractivity contribution in [1.29, 1.82) is 0 Å². The van der Waals surface area contributed by atoms with E-state index in [-0.39, 0.29) is 0 Å². The summed E-state index contributed by atoms with van der Waals surface area (Å²) in [6.45, 7) is 12.5. The van der Waals surface area contributed by atoms with Crippen molar-refractivity contribution in [2.75, 3.05) is 0 Å². The molecule has 0 aromatic heterocycles. The fourth-order valence-corrected chi connectivity index (χ4v) is 2.27. The van der Waals surface area contributed by atoms with Crippen LogP contribution in [-0.2, 0) is 0 Å². The highest BCUT2D eigenvalue weighted by atomic mass is 32.1. The van der Waals surface area contributed by atoms with Gasteiger partial charge in [-0.05, 0) is 25.2 Å². The van der Waals surface area contributed by atoms with E-state index < -0.39 is 0 Å². The maximum atomic E-state index is 4.73. The SMILES string of the molecule is CC.CC.CCC(C)(S)C1CCCCC1. The monoisotopic (exact) mass is 232 g/mol. The van der Waals surface area contributed by atoms with E-state index >= 15 is 0 Å². The number of hydrogen-bond acceptors (Lipinski definition) is 1. The zero-order valence-corrected chi connectivity index (χ0v) is 12.7. The first kappa shape index (κ1) is 17.7. The Morgan fingerprint density at radius 1 is 1.00 bits per heavy atom. The second kappa shape index (κ2) is 10.9. The normalized spacial score (nSPS) is 20.2. The molecule has 0 nitrogen and oxygen atoms in total. The highest BCUT2D eigenvalue weighted by molar-refractivity contribution is 7.81. The van der Waals surface area contributed by atoms with Gasteiger partial charge in [0.1, 0.15) is 0 Å². The van der Waals surface area contributed by atoms with Crippen molar-refractivity contribution in [3.05, 3.63) is 0 Å². The van der Waals surface area contributed by atoms with E-state index in [9.17, 15) is 0 Å². The minimum absolute atomic E-state index is 0.306. The summed E-state index contributed by atoms with van der Waals surface area (Å²) in [4.78, 5) is 0. The Morgan fingerprint density at radius 3 is 1.73 bits per heavy atom. The summed E-state index contributed by atoms with van der Waals surface area (Å²) >= 11 is 4.73. The highest BCUT2D eigenvalue weighted by Gasteiger charge is 2.29. The van der Waals surface area contributed by atoms with Crippen LogP contribution >= 0.6 is 12.6 Å². The number of hydrogen-bond donors (Lipinski definition) is 1. The van der Waals surface area contributed by atoms with E-state index in [0.717, 1.165) is 5.92 Å². The molecular formula is C14H32S. The van der Waals surface area contributed by atoms with E-state index in [1.165, 1.54) is 38.5 Å². The third kappa shape index (κ3) is 7.27. The van der Waals surface area contributed by atoms with Crippen molar-refractivity contribution in [3.8, 4) is 0 Å². The van der Waals surface area contributed by atoms with Crippen LogP contribution in [0.2, 0.25) is 0 Å². The molecule has 1 aliphatic carbocycles. The second-order valence-electron chi connectivity index (χ2n) is 4.05. The van der Waals surface area contributed by atoms with Gasteiger partial charge in [-0.3, -0.25) is 0 Å².